The van der Waals surface area contributed by atoms with E-state index in [1.54, 1.807) is 0 Å². The Bertz CT molecular complexity index is 692. The molecule has 0 aliphatic carbocycles. The normalized spacial score (nSPS) is 16.0. The van der Waals surface area contributed by atoms with Crippen LogP contribution < -0.4 is 0 Å². The van der Waals surface area contributed by atoms with E-state index in [0.717, 1.165) is 47.3 Å². The van der Waals surface area contributed by atoms with Gasteiger partial charge in [-0.1, -0.05) is 23.7 Å². The van der Waals surface area contributed by atoms with Gasteiger partial charge < -0.3 is 9.80 Å². The second-order valence-corrected chi connectivity index (χ2v) is 6.97. The van der Waals surface area contributed by atoms with Crippen LogP contribution >= 0.6 is 22.9 Å². The first-order chi connectivity index (χ1) is 10.5. The number of likely N-dealkylation sites (N-methyl/N-ethyl adjacent to an activating group) is 1. The Balaban J connectivity index is 1.84. The molecule has 0 unspecified atom stereocenters. The van der Waals surface area contributed by atoms with Crippen molar-refractivity contribution in [1.82, 2.24) is 14.8 Å². The largest absolute Gasteiger partial charge is 0.335 e. The minimum atomic E-state index is 0.0939. The van der Waals surface area contributed by atoms with E-state index in [1.807, 2.05) is 36.1 Å². The van der Waals surface area contributed by atoms with Gasteiger partial charge in [0.05, 0.1) is 5.69 Å². The molecule has 2 aromatic rings. The number of amides is 1. The molecule has 0 saturated carbocycles. The van der Waals surface area contributed by atoms with E-state index in [0.29, 0.717) is 5.02 Å². The summed E-state index contributed by atoms with van der Waals surface area (Å²) in [5.74, 6) is 0.0939. The number of hydrogen-bond donors (Lipinski definition) is 0. The van der Waals surface area contributed by atoms with Crippen molar-refractivity contribution >= 4 is 28.8 Å². The lowest BCUT2D eigenvalue weighted by molar-refractivity contribution is 0.0668. The van der Waals surface area contributed by atoms with Crippen molar-refractivity contribution in [3.63, 3.8) is 0 Å². The molecule has 0 atom stereocenters. The molecule has 1 saturated heterocycles. The van der Waals surface area contributed by atoms with E-state index in [-0.39, 0.29) is 5.91 Å². The average molecular weight is 336 g/mol. The zero-order chi connectivity index (χ0) is 15.7. The highest BCUT2D eigenvalue weighted by atomic mass is 35.5. The molecule has 1 aliphatic rings. The van der Waals surface area contributed by atoms with E-state index >= 15 is 0 Å². The van der Waals surface area contributed by atoms with Gasteiger partial charge in [0, 0.05) is 36.8 Å². The maximum Gasteiger partial charge on any atom is 0.265 e. The Hall–Kier alpha value is -1.43. The van der Waals surface area contributed by atoms with Crippen molar-refractivity contribution in [3.05, 3.63) is 39.9 Å². The Morgan fingerprint density at radius 1 is 1.27 bits per heavy atom. The molecule has 3 rings (SSSR count). The Labute approximate surface area is 139 Å². The molecular weight excluding hydrogens is 318 g/mol. The van der Waals surface area contributed by atoms with Crippen LogP contribution in [-0.4, -0.2) is 53.9 Å². The molecule has 1 aliphatic heterocycles. The third kappa shape index (κ3) is 3.16. The van der Waals surface area contributed by atoms with Gasteiger partial charge in [0.15, 0.2) is 0 Å². The minimum absolute atomic E-state index is 0.0939. The van der Waals surface area contributed by atoms with Crippen molar-refractivity contribution in [2.75, 3.05) is 33.2 Å². The lowest BCUT2D eigenvalue weighted by atomic mass is 10.2. The first kappa shape index (κ1) is 15.5. The van der Waals surface area contributed by atoms with Gasteiger partial charge in [0.1, 0.15) is 9.88 Å². The van der Waals surface area contributed by atoms with Gasteiger partial charge in [-0.3, -0.25) is 4.79 Å². The summed E-state index contributed by atoms with van der Waals surface area (Å²) in [6, 6.07) is 7.58. The van der Waals surface area contributed by atoms with E-state index in [9.17, 15) is 4.79 Å². The van der Waals surface area contributed by atoms with Crippen LogP contribution in [0.5, 0.6) is 0 Å². The molecular formula is C16H18ClN3OS. The van der Waals surface area contributed by atoms with Crippen LogP contribution in [0.3, 0.4) is 0 Å². The molecule has 2 heterocycles. The van der Waals surface area contributed by atoms with Gasteiger partial charge in [-0.2, -0.15) is 0 Å². The summed E-state index contributed by atoms with van der Waals surface area (Å²) in [5, 5.41) is 1.52. The Kier molecular flexibility index (Phi) is 4.47. The molecule has 1 amide bonds. The quantitative estimate of drug-likeness (QED) is 0.846. The maximum absolute atomic E-state index is 12.7. The van der Waals surface area contributed by atoms with Crippen LogP contribution in [0, 0.1) is 6.92 Å². The summed E-state index contributed by atoms with van der Waals surface area (Å²) < 4.78 is 0. The molecule has 1 aromatic carbocycles. The SMILES string of the molecule is Cc1nc(-c2cccc(Cl)c2)sc1C(=O)N1CCN(C)CC1. The van der Waals surface area contributed by atoms with Crippen LogP contribution in [0.1, 0.15) is 15.4 Å². The molecule has 116 valence electrons. The molecule has 6 heteroatoms. The summed E-state index contributed by atoms with van der Waals surface area (Å²) in [6.07, 6.45) is 0. The van der Waals surface area contributed by atoms with E-state index in [2.05, 4.69) is 16.9 Å². The number of hydrogen-bond acceptors (Lipinski definition) is 4. The molecule has 0 bridgehead atoms. The van der Waals surface area contributed by atoms with Crippen molar-refractivity contribution in [2.45, 2.75) is 6.92 Å². The summed E-state index contributed by atoms with van der Waals surface area (Å²) >= 11 is 7.49. The number of piperazine rings is 1. The lowest BCUT2D eigenvalue weighted by Gasteiger charge is -2.32. The number of benzene rings is 1. The Morgan fingerprint density at radius 2 is 2.00 bits per heavy atom. The maximum atomic E-state index is 12.7. The van der Waals surface area contributed by atoms with Crippen LogP contribution in [0.2, 0.25) is 5.02 Å². The molecule has 1 fully saturated rings. The van der Waals surface area contributed by atoms with E-state index in [4.69, 9.17) is 11.6 Å². The van der Waals surface area contributed by atoms with Gasteiger partial charge in [-0.25, -0.2) is 4.98 Å². The highest BCUT2D eigenvalue weighted by Crippen LogP contribution is 2.30. The lowest BCUT2D eigenvalue weighted by Crippen LogP contribution is -2.47. The van der Waals surface area contributed by atoms with E-state index < -0.39 is 0 Å². The number of carbonyl (C=O) groups excluding carboxylic acids is 1. The van der Waals surface area contributed by atoms with Gasteiger partial charge in [0.25, 0.3) is 5.91 Å². The predicted octanol–water partition coefficient (Wildman–Crippen LogP) is 3.16. The van der Waals surface area contributed by atoms with Gasteiger partial charge >= 0.3 is 0 Å². The highest BCUT2D eigenvalue weighted by molar-refractivity contribution is 7.17. The zero-order valence-electron chi connectivity index (χ0n) is 12.7. The summed E-state index contributed by atoms with van der Waals surface area (Å²) in [5.41, 5.74) is 1.75. The Morgan fingerprint density at radius 3 is 2.68 bits per heavy atom. The molecule has 1 aromatic heterocycles. The average Bonchev–Trinajstić information content (AvgIpc) is 2.89. The fourth-order valence-electron chi connectivity index (χ4n) is 2.49. The topological polar surface area (TPSA) is 36.4 Å². The van der Waals surface area contributed by atoms with Gasteiger partial charge in [0.2, 0.25) is 0 Å². The van der Waals surface area contributed by atoms with Crippen LogP contribution in [0.25, 0.3) is 10.6 Å². The monoisotopic (exact) mass is 335 g/mol. The van der Waals surface area contributed by atoms with Gasteiger partial charge in [-0.15, -0.1) is 11.3 Å². The second kappa shape index (κ2) is 6.36. The third-order valence-corrected chi connectivity index (χ3v) is 5.28. The molecule has 0 spiro atoms. The molecule has 4 nitrogen and oxygen atoms in total. The second-order valence-electron chi connectivity index (χ2n) is 5.54. The number of halogens is 1. The summed E-state index contributed by atoms with van der Waals surface area (Å²) in [6.45, 7) is 5.29. The van der Waals surface area contributed by atoms with Crippen LogP contribution in [0.15, 0.2) is 24.3 Å². The first-order valence-corrected chi connectivity index (χ1v) is 8.45. The first-order valence-electron chi connectivity index (χ1n) is 7.26. The number of aromatic nitrogens is 1. The van der Waals surface area contributed by atoms with Crippen molar-refractivity contribution in [2.24, 2.45) is 0 Å². The van der Waals surface area contributed by atoms with Crippen LogP contribution in [-0.2, 0) is 0 Å². The number of thiazole rings is 1. The fourth-order valence-corrected chi connectivity index (χ4v) is 3.71. The van der Waals surface area contributed by atoms with Crippen molar-refractivity contribution < 1.29 is 4.79 Å². The highest BCUT2D eigenvalue weighted by Gasteiger charge is 2.24. The number of aryl methyl sites for hydroxylation is 1. The smallest absolute Gasteiger partial charge is 0.265 e. The van der Waals surface area contributed by atoms with Crippen molar-refractivity contribution in [1.29, 1.82) is 0 Å². The number of carbonyl (C=O) groups is 1. The van der Waals surface area contributed by atoms with Gasteiger partial charge in [-0.05, 0) is 26.1 Å². The molecule has 0 N–H and O–H groups in total. The molecule has 0 radical (unpaired) electrons. The zero-order valence-corrected chi connectivity index (χ0v) is 14.2. The third-order valence-electron chi connectivity index (χ3n) is 3.85. The minimum Gasteiger partial charge on any atom is -0.335 e. The number of rotatable bonds is 2. The van der Waals surface area contributed by atoms with Crippen molar-refractivity contribution in [3.8, 4) is 10.6 Å². The molecule has 22 heavy (non-hydrogen) atoms. The van der Waals surface area contributed by atoms with E-state index in [1.165, 1.54) is 11.3 Å². The fraction of sp³-hybridized carbons (Fsp3) is 0.375. The number of nitrogens with zero attached hydrogens (tertiary/aromatic N) is 3. The van der Waals surface area contributed by atoms with Crippen LogP contribution in [0.4, 0.5) is 0 Å². The predicted molar refractivity (Wildman–Crippen MR) is 90.7 cm³/mol. The summed E-state index contributed by atoms with van der Waals surface area (Å²) in [4.78, 5) is 22.1. The standard InChI is InChI=1S/C16H18ClN3OS/c1-11-14(16(21)20-8-6-19(2)7-9-20)22-15(18-11)12-4-3-5-13(17)10-12/h3-5,10H,6-9H2,1-2H3. The summed E-state index contributed by atoms with van der Waals surface area (Å²) in [7, 11) is 2.08.